The van der Waals surface area contributed by atoms with Gasteiger partial charge in [0, 0.05) is 18.6 Å². The maximum Gasteiger partial charge on any atom is 0.229 e. The van der Waals surface area contributed by atoms with Crippen LogP contribution in [-0.2, 0) is 9.53 Å². The molecule has 0 spiro atoms. The Hall–Kier alpha value is -0.610. The van der Waals surface area contributed by atoms with E-state index in [0.29, 0.717) is 19.3 Å². The molecule has 0 aromatic rings. The fourth-order valence-corrected chi connectivity index (χ4v) is 2.39. The predicted molar refractivity (Wildman–Crippen MR) is 73.5 cm³/mol. The molecular formula is C14H28N2O2. The van der Waals surface area contributed by atoms with Crippen LogP contribution in [-0.4, -0.2) is 49.7 Å². The van der Waals surface area contributed by atoms with E-state index < -0.39 is 0 Å². The lowest BCUT2D eigenvalue weighted by Gasteiger charge is -2.32. The Morgan fingerprint density at radius 2 is 2.17 bits per heavy atom. The van der Waals surface area contributed by atoms with Gasteiger partial charge in [-0.3, -0.25) is 4.79 Å². The van der Waals surface area contributed by atoms with Crippen molar-refractivity contribution in [3.05, 3.63) is 0 Å². The van der Waals surface area contributed by atoms with Gasteiger partial charge >= 0.3 is 0 Å². The highest BCUT2D eigenvalue weighted by Crippen LogP contribution is 2.19. The molecular weight excluding hydrogens is 228 g/mol. The highest BCUT2D eigenvalue weighted by atomic mass is 16.5. The molecule has 1 rings (SSSR count). The second kappa shape index (κ2) is 7.74. The van der Waals surface area contributed by atoms with Crippen molar-refractivity contribution in [1.82, 2.24) is 10.2 Å². The van der Waals surface area contributed by atoms with Crippen LogP contribution in [0.2, 0.25) is 0 Å². The van der Waals surface area contributed by atoms with Crippen molar-refractivity contribution in [1.29, 1.82) is 0 Å². The van der Waals surface area contributed by atoms with Gasteiger partial charge in [0.1, 0.15) is 0 Å². The predicted octanol–water partition coefficient (Wildman–Crippen LogP) is 1.65. The molecule has 1 fully saturated rings. The summed E-state index contributed by atoms with van der Waals surface area (Å²) >= 11 is 0. The molecule has 0 aromatic carbocycles. The topological polar surface area (TPSA) is 41.6 Å². The van der Waals surface area contributed by atoms with Crippen LogP contribution in [0.4, 0.5) is 0 Å². The number of nitrogens with one attached hydrogen (secondary N) is 1. The first-order valence-electron chi connectivity index (χ1n) is 7.21. The molecule has 1 heterocycles. The van der Waals surface area contributed by atoms with Gasteiger partial charge in [0.25, 0.3) is 0 Å². The third-order valence-electron chi connectivity index (χ3n) is 3.93. The number of ether oxygens (including phenoxy) is 1. The number of likely N-dealkylation sites (N-methyl/N-ethyl adjacent to an activating group) is 1. The van der Waals surface area contributed by atoms with Crippen LogP contribution in [0, 0.1) is 5.92 Å². The number of hydrogen-bond acceptors (Lipinski definition) is 3. The van der Waals surface area contributed by atoms with Gasteiger partial charge in [-0.15, -0.1) is 0 Å². The van der Waals surface area contributed by atoms with Crippen molar-refractivity contribution >= 4 is 5.91 Å². The Balaban J connectivity index is 2.68. The van der Waals surface area contributed by atoms with E-state index in [1.54, 1.807) is 0 Å². The fourth-order valence-electron chi connectivity index (χ4n) is 2.39. The third kappa shape index (κ3) is 3.69. The molecule has 3 atom stereocenters. The maximum absolute atomic E-state index is 12.6. The van der Waals surface area contributed by atoms with E-state index in [2.05, 4.69) is 26.1 Å². The van der Waals surface area contributed by atoms with Gasteiger partial charge in [0.15, 0.2) is 0 Å². The van der Waals surface area contributed by atoms with Gasteiger partial charge in [-0.25, -0.2) is 0 Å². The fraction of sp³-hybridized carbons (Fsp3) is 0.929. The van der Waals surface area contributed by atoms with Crippen LogP contribution < -0.4 is 5.32 Å². The molecule has 4 nitrogen and oxygen atoms in total. The smallest absolute Gasteiger partial charge is 0.229 e. The summed E-state index contributed by atoms with van der Waals surface area (Å²) in [6, 6.07) is 0.493. The van der Waals surface area contributed by atoms with E-state index in [-0.39, 0.29) is 17.9 Å². The lowest BCUT2D eigenvalue weighted by molar-refractivity contribution is -0.138. The van der Waals surface area contributed by atoms with Gasteiger partial charge in [-0.2, -0.15) is 0 Å². The second-order valence-electron chi connectivity index (χ2n) is 5.18. The number of carbonyl (C=O) groups is 1. The molecule has 0 bridgehead atoms. The highest BCUT2D eigenvalue weighted by Gasteiger charge is 2.36. The van der Waals surface area contributed by atoms with E-state index in [4.69, 9.17) is 4.74 Å². The summed E-state index contributed by atoms with van der Waals surface area (Å²) in [5.74, 6) is 0.246. The molecule has 1 N–H and O–H groups in total. The average molecular weight is 256 g/mol. The number of hydrogen-bond donors (Lipinski definition) is 1. The Bertz CT molecular complexity index is 258. The molecule has 0 aromatic heterocycles. The third-order valence-corrected chi connectivity index (χ3v) is 3.93. The molecule has 1 amide bonds. The van der Waals surface area contributed by atoms with Gasteiger partial charge < -0.3 is 15.0 Å². The second-order valence-corrected chi connectivity index (χ2v) is 5.18. The van der Waals surface area contributed by atoms with Crippen molar-refractivity contribution in [2.45, 2.75) is 52.1 Å². The zero-order chi connectivity index (χ0) is 13.5. The average Bonchev–Trinajstić information content (AvgIpc) is 2.86. The van der Waals surface area contributed by atoms with Gasteiger partial charge in [0.05, 0.1) is 19.1 Å². The van der Waals surface area contributed by atoms with E-state index in [1.807, 2.05) is 11.9 Å². The summed E-state index contributed by atoms with van der Waals surface area (Å²) in [6.45, 7) is 8.51. The first kappa shape index (κ1) is 15.4. The van der Waals surface area contributed by atoms with Gasteiger partial charge in [-0.1, -0.05) is 20.3 Å². The first-order valence-corrected chi connectivity index (χ1v) is 7.21. The van der Waals surface area contributed by atoms with Crippen LogP contribution in [0.5, 0.6) is 0 Å². The van der Waals surface area contributed by atoms with Crippen LogP contribution >= 0.6 is 0 Å². The van der Waals surface area contributed by atoms with Crippen LogP contribution in [0.15, 0.2) is 0 Å². The number of amides is 1. The molecule has 18 heavy (non-hydrogen) atoms. The summed E-state index contributed by atoms with van der Waals surface area (Å²) in [6.07, 6.45) is 3.21. The van der Waals surface area contributed by atoms with Crippen molar-refractivity contribution in [3.63, 3.8) is 0 Å². The van der Waals surface area contributed by atoms with Crippen LogP contribution in [0.1, 0.15) is 40.0 Å². The van der Waals surface area contributed by atoms with E-state index in [9.17, 15) is 4.79 Å². The lowest BCUT2D eigenvalue weighted by atomic mass is 10.0. The molecule has 1 aliphatic rings. The normalized spacial score (nSPS) is 25.1. The highest BCUT2D eigenvalue weighted by molar-refractivity contribution is 5.80. The molecule has 3 unspecified atom stereocenters. The van der Waals surface area contributed by atoms with Gasteiger partial charge in [0.2, 0.25) is 5.91 Å². The molecule has 0 radical (unpaired) electrons. The minimum atomic E-state index is -0.0131. The largest absolute Gasteiger partial charge is 0.379 e. The Morgan fingerprint density at radius 1 is 1.44 bits per heavy atom. The summed E-state index contributed by atoms with van der Waals surface area (Å²) in [4.78, 5) is 14.7. The quantitative estimate of drug-likeness (QED) is 0.753. The molecule has 0 saturated carbocycles. The SMILES string of the molecule is CCCCN(C(=O)C1COCC1NC)C(C)CC. The van der Waals surface area contributed by atoms with Crippen molar-refractivity contribution in [2.75, 3.05) is 26.8 Å². The zero-order valence-electron chi connectivity index (χ0n) is 12.2. The Morgan fingerprint density at radius 3 is 2.72 bits per heavy atom. The summed E-state index contributed by atoms with van der Waals surface area (Å²) in [5, 5.41) is 3.19. The molecule has 1 saturated heterocycles. The monoisotopic (exact) mass is 256 g/mol. The van der Waals surface area contributed by atoms with Crippen LogP contribution in [0.3, 0.4) is 0 Å². The summed E-state index contributed by atoms with van der Waals surface area (Å²) in [5.41, 5.74) is 0. The number of carbonyl (C=O) groups excluding carboxylic acids is 1. The molecule has 4 heteroatoms. The minimum Gasteiger partial charge on any atom is -0.379 e. The van der Waals surface area contributed by atoms with Crippen LogP contribution in [0.25, 0.3) is 0 Å². The van der Waals surface area contributed by atoms with Crippen molar-refractivity contribution < 1.29 is 9.53 Å². The van der Waals surface area contributed by atoms with E-state index in [1.165, 1.54) is 0 Å². The number of nitrogens with zero attached hydrogens (tertiary/aromatic N) is 1. The summed E-state index contributed by atoms with van der Waals surface area (Å²) in [7, 11) is 1.90. The first-order chi connectivity index (χ1) is 8.65. The Labute approximate surface area is 111 Å². The number of rotatable bonds is 7. The van der Waals surface area contributed by atoms with Crippen molar-refractivity contribution in [2.24, 2.45) is 5.92 Å². The zero-order valence-corrected chi connectivity index (χ0v) is 12.2. The van der Waals surface area contributed by atoms with Crippen molar-refractivity contribution in [3.8, 4) is 0 Å². The lowest BCUT2D eigenvalue weighted by Crippen LogP contribution is -2.48. The standard InChI is InChI=1S/C14H28N2O2/c1-5-7-8-16(11(3)6-2)14(17)12-9-18-10-13(12)15-4/h11-13,15H,5-10H2,1-4H3. The van der Waals surface area contributed by atoms with Gasteiger partial charge in [-0.05, 0) is 26.8 Å². The van der Waals surface area contributed by atoms with E-state index in [0.717, 1.165) is 25.8 Å². The molecule has 106 valence electrons. The maximum atomic E-state index is 12.6. The summed E-state index contributed by atoms with van der Waals surface area (Å²) < 4.78 is 5.44. The molecule has 0 aliphatic carbocycles. The minimum absolute atomic E-state index is 0.0131. The number of unbranched alkanes of at least 4 members (excludes halogenated alkanes) is 1. The van der Waals surface area contributed by atoms with E-state index >= 15 is 0 Å². The Kier molecular flexibility index (Phi) is 6.65. The molecule has 1 aliphatic heterocycles.